The van der Waals surface area contributed by atoms with Gasteiger partial charge in [0.15, 0.2) is 5.96 Å². The van der Waals surface area contributed by atoms with Crippen molar-refractivity contribution in [3.05, 3.63) is 65.0 Å². The Morgan fingerprint density at radius 1 is 1.11 bits per heavy atom. The smallest absolute Gasteiger partial charge is 0.191 e. The van der Waals surface area contributed by atoms with Crippen LogP contribution in [0.1, 0.15) is 56.2 Å². The molecule has 5 heteroatoms. The van der Waals surface area contributed by atoms with Gasteiger partial charge in [-0.15, -0.1) is 0 Å². The minimum absolute atomic E-state index is 0.108. The molecule has 0 saturated heterocycles. The molecule has 2 aromatic rings. The number of aromatic nitrogens is 1. The second kappa shape index (κ2) is 10.2. The number of aliphatic hydroxyl groups excluding tert-OH is 1. The first-order valence-corrected chi connectivity index (χ1v) is 10.0. The van der Waals surface area contributed by atoms with E-state index < -0.39 is 6.10 Å². The third-order valence-corrected chi connectivity index (χ3v) is 4.61. The minimum Gasteiger partial charge on any atom is -0.386 e. The number of aliphatic imine (C=N–C) groups is 1. The number of aliphatic hydroxyl groups is 1. The molecule has 0 radical (unpaired) electrons. The molecule has 0 amide bonds. The molecule has 2 rings (SSSR count). The predicted octanol–water partition coefficient (Wildman–Crippen LogP) is 3.52. The van der Waals surface area contributed by atoms with Crippen LogP contribution in [0.15, 0.2) is 47.6 Å². The van der Waals surface area contributed by atoms with Gasteiger partial charge in [-0.1, -0.05) is 51.1 Å². The fraction of sp³-hybridized carbons (Fsp3) is 0.478. The maximum atomic E-state index is 10.5. The summed E-state index contributed by atoms with van der Waals surface area (Å²) in [6, 6.07) is 12.3. The van der Waals surface area contributed by atoms with Crippen molar-refractivity contribution in [1.82, 2.24) is 15.6 Å². The zero-order chi connectivity index (χ0) is 20.6. The highest BCUT2D eigenvalue weighted by Crippen LogP contribution is 2.24. The molecule has 0 fully saturated rings. The molecule has 5 nitrogen and oxygen atoms in total. The Balaban J connectivity index is 1.90. The number of benzene rings is 1. The average Bonchev–Trinajstić information content (AvgIpc) is 2.67. The summed E-state index contributed by atoms with van der Waals surface area (Å²) in [5.41, 5.74) is 4.46. The van der Waals surface area contributed by atoms with Crippen molar-refractivity contribution < 1.29 is 5.11 Å². The Morgan fingerprint density at radius 3 is 2.39 bits per heavy atom. The molecule has 1 aromatic heterocycles. The lowest BCUT2D eigenvalue weighted by molar-refractivity contribution is 0.187. The molecule has 0 bridgehead atoms. The summed E-state index contributed by atoms with van der Waals surface area (Å²) in [5, 5.41) is 17.0. The van der Waals surface area contributed by atoms with Crippen molar-refractivity contribution >= 4 is 5.96 Å². The van der Waals surface area contributed by atoms with Crippen molar-refractivity contribution in [1.29, 1.82) is 0 Å². The second-order valence-corrected chi connectivity index (χ2v) is 8.09. The van der Waals surface area contributed by atoms with Gasteiger partial charge in [-0.2, -0.15) is 0 Å². The van der Waals surface area contributed by atoms with Crippen LogP contribution in [-0.4, -0.2) is 35.7 Å². The Hall–Kier alpha value is -2.40. The third-order valence-electron chi connectivity index (χ3n) is 4.61. The summed E-state index contributed by atoms with van der Waals surface area (Å²) in [5.74, 6) is 0.716. The predicted molar refractivity (Wildman–Crippen MR) is 117 cm³/mol. The van der Waals surface area contributed by atoms with Crippen molar-refractivity contribution in [3.63, 3.8) is 0 Å². The normalized spacial score (nSPS) is 13.3. The first-order chi connectivity index (χ1) is 13.3. The van der Waals surface area contributed by atoms with Gasteiger partial charge in [0.05, 0.1) is 12.6 Å². The average molecular weight is 383 g/mol. The van der Waals surface area contributed by atoms with Gasteiger partial charge in [0.25, 0.3) is 0 Å². The number of nitrogens with zero attached hydrogens (tertiary/aromatic N) is 2. The summed E-state index contributed by atoms with van der Waals surface area (Å²) >= 11 is 0. The quantitative estimate of drug-likeness (QED) is 0.506. The molecule has 1 aromatic carbocycles. The molecule has 0 aliphatic carbocycles. The van der Waals surface area contributed by atoms with E-state index in [2.05, 4.69) is 59.6 Å². The number of hydrogen-bond acceptors (Lipinski definition) is 3. The lowest BCUT2D eigenvalue weighted by Gasteiger charge is -2.20. The minimum atomic E-state index is -0.620. The molecule has 1 heterocycles. The number of rotatable bonds is 7. The van der Waals surface area contributed by atoms with Crippen LogP contribution in [0.3, 0.4) is 0 Å². The highest BCUT2D eigenvalue weighted by Gasteiger charge is 2.14. The van der Waals surface area contributed by atoms with Crippen LogP contribution in [0.2, 0.25) is 0 Å². The molecule has 0 aliphatic rings. The molecule has 3 N–H and O–H groups in total. The summed E-state index contributed by atoms with van der Waals surface area (Å²) < 4.78 is 0. The number of hydrogen-bond donors (Lipinski definition) is 3. The molecule has 1 atom stereocenters. The highest BCUT2D eigenvalue weighted by molar-refractivity contribution is 5.79. The lowest BCUT2D eigenvalue weighted by Crippen LogP contribution is -2.38. The van der Waals surface area contributed by atoms with Crippen LogP contribution in [0.25, 0.3) is 0 Å². The fourth-order valence-electron chi connectivity index (χ4n) is 2.80. The van der Waals surface area contributed by atoms with Crippen LogP contribution < -0.4 is 10.6 Å². The van der Waals surface area contributed by atoms with Gasteiger partial charge in [0, 0.05) is 25.0 Å². The van der Waals surface area contributed by atoms with Gasteiger partial charge >= 0.3 is 0 Å². The van der Waals surface area contributed by atoms with E-state index in [0.717, 1.165) is 30.8 Å². The van der Waals surface area contributed by atoms with Crippen LogP contribution in [0.5, 0.6) is 0 Å². The molecular weight excluding hydrogens is 348 g/mol. The van der Waals surface area contributed by atoms with E-state index in [9.17, 15) is 5.11 Å². The maximum absolute atomic E-state index is 10.5. The van der Waals surface area contributed by atoms with E-state index >= 15 is 0 Å². The summed E-state index contributed by atoms with van der Waals surface area (Å²) in [4.78, 5) is 8.86. The molecule has 0 spiro atoms. The van der Waals surface area contributed by atoms with Gasteiger partial charge in [-0.05, 0) is 48.4 Å². The van der Waals surface area contributed by atoms with E-state index in [1.807, 2.05) is 38.2 Å². The van der Waals surface area contributed by atoms with E-state index in [1.165, 1.54) is 11.1 Å². The van der Waals surface area contributed by atoms with Crippen molar-refractivity contribution in [3.8, 4) is 0 Å². The van der Waals surface area contributed by atoms with Crippen LogP contribution in [0, 0.1) is 6.92 Å². The molecule has 28 heavy (non-hydrogen) atoms. The standard InChI is InChI=1S/C23H34N4O/c1-6-24-22(25-14-13-18-8-7-17(2)26-15-18)27-16-21(28)19-9-11-20(12-10-19)23(3,4)5/h7-12,15,21,28H,6,13-14,16H2,1-5H3,(H2,24,25,27). The van der Waals surface area contributed by atoms with Gasteiger partial charge in [-0.25, -0.2) is 0 Å². The molecule has 1 unspecified atom stereocenters. The molecule has 0 aliphatic heterocycles. The SMILES string of the molecule is CCNC(=NCC(O)c1ccc(C(C)(C)C)cc1)NCCc1ccc(C)nc1. The first-order valence-electron chi connectivity index (χ1n) is 10.0. The summed E-state index contributed by atoms with van der Waals surface area (Å²) in [7, 11) is 0. The molecule has 0 saturated carbocycles. The Morgan fingerprint density at radius 2 is 1.82 bits per heavy atom. The lowest BCUT2D eigenvalue weighted by atomic mass is 9.86. The van der Waals surface area contributed by atoms with Crippen molar-refractivity contribution in [2.45, 2.75) is 52.6 Å². The van der Waals surface area contributed by atoms with E-state index in [-0.39, 0.29) is 5.41 Å². The monoisotopic (exact) mass is 382 g/mol. The van der Waals surface area contributed by atoms with Gasteiger partial charge in [0.1, 0.15) is 0 Å². The zero-order valence-corrected chi connectivity index (χ0v) is 17.8. The number of aryl methyl sites for hydroxylation is 1. The maximum Gasteiger partial charge on any atom is 0.191 e. The van der Waals surface area contributed by atoms with Crippen molar-refractivity contribution in [2.75, 3.05) is 19.6 Å². The van der Waals surface area contributed by atoms with Gasteiger partial charge in [-0.3, -0.25) is 9.98 Å². The van der Waals surface area contributed by atoms with Gasteiger partial charge < -0.3 is 15.7 Å². The number of nitrogens with one attached hydrogen (secondary N) is 2. The second-order valence-electron chi connectivity index (χ2n) is 8.09. The Kier molecular flexibility index (Phi) is 8.00. The Bertz CT molecular complexity index is 746. The number of pyridine rings is 1. The highest BCUT2D eigenvalue weighted by atomic mass is 16.3. The van der Waals surface area contributed by atoms with Crippen molar-refractivity contribution in [2.24, 2.45) is 4.99 Å². The largest absolute Gasteiger partial charge is 0.386 e. The summed E-state index contributed by atoms with van der Waals surface area (Å²) in [6.07, 6.45) is 2.16. The number of guanidine groups is 1. The van der Waals surface area contributed by atoms with Gasteiger partial charge in [0.2, 0.25) is 0 Å². The van der Waals surface area contributed by atoms with Crippen LogP contribution >= 0.6 is 0 Å². The molecular formula is C23H34N4O. The zero-order valence-electron chi connectivity index (χ0n) is 17.8. The third kappa shape index (κ3) is 6.97. The molecule has 152 valence electrons. The first kappa shape index (κ1) is 21.9. The van der Waals surface area contributed by atoms with Crippen LogP contribution in [0.4, 0.5) is 0 Å². The Labute approximate surface area is 169 Å². The fourth-order valence-corrected chi connectivity index (χ4v) is 2.80. The topological polar surface area (TPSA) is 69.5 Å². The van der Waals surface area contributed by atoms with E-state index in [0.29, 0.717) is 12.5 Å². The van der Waals surface area contributed by atoms with Crippen LogP contribution in [-0.2, 0) is 11.8 Å². The van der Waals surface area contributed by atoms with E-state index in [1.54, 1.807) is 0 Å². The van der Waals surface area contributed by atoms with E-state index in [4.69, 9.17) is 0 Å². The summed E-state index contributed by atoms with van der Waals surface area (Å²) in [6.45, 7) is 12.4.